The first-order valence-electron chi connectivity index (χ1n) is 5.29. The molecule has 1 aromatic rings. The van der Waals surface area contributed by atoms with Crippen LogP contribution in [0.1, 0.15) is 12.5 Å². The summed E-state index contributed by atoms with van der Waals surface area (Å²) in [5.41, 5.74) is 5.91. The molecule has 0 saturated carbocycles. The Kier molecular flexibility index (Phi) is 4.86. The number of halogens is 1. The van der Waals surface area contributed by atoms with Gasteiger partial charge in [-0.15, -0.1) is 0 Å². The molecule has 0 bridgehead atoms. The molecule has 0 radical (unpaired) electrons. The topological polar surface area (TPSA) is 55.5 Å². The van der Waals surface area contributed by atoms with Gasteiger partial charge in [0.25, 0.3) is 0 Å². The lowest BCUT2D eigenvalue weighted by Gasteiger charge is -2.28. The van der Waals surface area contributed by atoms with Crippen molar-refractivity contribution < 1.29 is 14.2 Å². The highest BCUT2D eigenvalue weighted by Gasteiger charge is 2.23. The zero-order chi connectivity index (χ0) is 12.0. The van der Waals surface area contributed by atoms with E-state index in [4.69, 9.17) is 15.6 Å². The van der Waals surface area contributed by atoms with Crippen molar-refractivity contribution in [1.29, 1.82) is 0 Å². The Morgan fingerprint density at radius 3 is 2.81 bits per heavy atom. The maximum atomic E-state index is 13.0. The van der Waals surface area contributed by atoms with E-state index in [0.717, 1.165) is 5.56 Å². The summed E-state index contributed by atoms with van der Waals surface area (Å²) in [7, 11) is 0. The van der Waals surface area contributed by atoms with Crippen LogP contribution in [0, 0.1) is 5.82 Å². The summed E-state index contributed by atoms with van der Waals surface area (Å²) in [4.78, 5) is 0. The largest absolute Gasteiger partial charge is 0.394 e. The molecule has 0 aromatic heterocycles. The van der Waals surface area contributed by atoms with Gasteiger partial charge in [0.15, 0.2) is 0 Å². The van der Waals surface area contributed by atoms with Crippen LogP contribution in [-0.4, -0.2) is 30.5 Å². The molecule has 3 nitrogen and oxygen atoms in total. The summed E-state index contributed by atoms with van der Waals surface area (Å²) < 4.78 is 18.5. The lowest BCUT2D eigenvalue weighted by atomic mass is 9.96. The highest BCUT2D eigenvalue weighted by atomic mass is 19.1. The normalized spacial score (nSPS) is 14.8. The molecule has 0 fully saturated rings. The molecule has 0 aliphatic rings. The van der Waals surface area contributed by atoms with Gasteiger partial charge in [-0.05, 0) is 24.6 Å². The molecule has 16 heavy (non-hydrogen) atoms. The van der Waals surface area contributed by atoms with E-state index in [0.29, 0.717) is 13.0 Å². The highest BCUT2D eigenvalue weighted by Crippen LogP contribution is 2.17. The van der Waals surface area contributed by atoms with Crippen LogP contribution >= 0.6 is 0 Å². The van der Waals surface area contributed by atoms with Crippen molar-refractivity contribution in [1.82, 2.24) is 0 Å². The van der Waals surface area contributed by atoms with E-state index in [-0.39, 0.29) is 19.0 Å². The Bertz CT molecular complexity index is 333. The minimum atomic E-state index is -0.559. The molecule has 4 heteroatoms. The molecule has 1 aromatic carbocycles. The van der Waals surface area contributed by atoms with Gasteiger partial charge in [-0.25, -0.2) is 4.39 Å². The van der Waals surface area contributed by atoms with Gasteiger partial charge in [0.1, 0.15) is 5.82 Å². The average Bonchev–Trinajstić information content (AvgIpc) is 2.26. The third kappa shape index (κ3) is 3.89. The van der Waals surface area contributed by atoms with E-state index in [1.165, 1.54) is 12.1 Å². The Hall–Kier alpha value is -0.970. The number of hydrogen-bond acceptors (Lipinski definition) is 3. The maximum absolute atomic E-state index is 13.0. The number of nitrogens with two attached hydrogens (primary N) is 1. The summed E-state index contributed by atoms with van der Waals surface area (Å²) in [5, 5.41) is 8.71. The first kappa shape index (κ1) is 13.1. The molecule has 1 rings (SSSR count). The van der Waals surface area contributed by atoms with Gasteiger partial charge in [-0.1, -0.05) is 12.1 Å². The van der Waals surface area contributed by atoms with E-state index in [1.807, 2.05) is 13.0 Å². The van der Waals surface area contributed by atoms with E-state index in [2.05, 4.69) is 0 Å². The van der Waals surface area contributed by atoms with Crippen LogP contribution in [0.5, 0.6) is 0 Å². The number of ether oxygens (including phenoxy) is 1. The smallest absolute Gasteiger partial charge is 0.123 e. The first-order valence-corrected chi connectivity index (χ1v) is 5.29. The minimum Gasteiger partial charge on any atom is -0.394 e. The number of hydrogen-bond donors (Lipinski definition) is 2. The number of aliphatic hydroxyl groups is 1. The predicted octanol–water partition coefficient (Wildman–Crippen LogP) is 1.09. The summed E-state index contributed by atoms with van der Waals surface area (Å²) in [6.07, 6.45) is 0.529. The molecule has 3 N–H and O–H groups in total. The molecule has 0 aliphatic heterocycles. The zero-order valence-electron chi connectivity index (χ0n) is 9.45. The van der Waals surface area contributed by atoms with Crippen molar-refractivity contribution in [3.05, 3.63) is 35.6 Å². The zero-order valence-corrected chi connectivity index (χ0v) is 9.45. The van der Waals surface area contributed by atoms with Crippen LogP contribution < -0.4 is 5.73 Å². The molecule has 0 amide bonds. The monoisotopic (exact) mass is 227 g/mol. The predicted molar refractivity (Wildman–Crippen MR) is 60.6 cm³/mol. The van der Waals surface area contributed by atoms with Gasteiger partial charge < -0.3 is 15.6 Å². The summed E-state index contributed by atoms with van der Waals surface area (Å²) >= 11 is 0. The van der Waals surface area contributed by atoms with Gasteiger partial charge in [0.05, 0.1) is 18.8 Å². The van der Waals surface area contributed by atoms with Crippen molar-refractivity contribution >= 4 is 0 Å². The second-order valence-corrected chi connectivity index (χ2v) is 4.03. The second-order valence-electron chi connectivity index (χ2n) is 4.03. The van der Waals surface area contributed by atoms with Crippen molar-refractivity contribution in [3.8, 4) is 0 Å². The molecular weight excluding hydrogens is 209 g/mol. The van der Waals surface area contributed by atoms with Crippen LogP contribution in [0.3, 0.4) is 0 Å². The van der Waals surface area contributed by atoms with E-state index >= 15 is 0 Å². The second kappa shape index (κ2) is 5.94. The van der Waals surface area contributed by atoms with Crippen molar-refractivity contribution in [2.24, 2.45) is 5.73 Å². The highest BCUT2D eigenvalue weighted by molar-refractivity contribution is 5.18. The fourth-order valence-electron chi connectivity index (χ4n) is 1.55. The van der Waals surface area contributed by atoms with Crippen molar-refractivity contribution in [2.45, 2.75) is 18.9 Å². The van der Waals surface area contributed by atoms with Crippen LogP contribution in [0.15, 0.2) is 24.3 Å². The summed E-state index contributed by atoms with van der Waals surface area (Å²) in [5.74, 6) is -0.265. The van der Waals surface area contributed by atoms with Crippen LogP contribution in [-0.2, 0) is 11.2 Å². The van der Waals surface area contributed by atoms with Gasteiger partial charge in [0.2, 0.25) is 0 Å². The Morgan fingerprint density at radius 1 is 1.50 bits per heavy atom. The molecule has 1 unspecified atom stereocenters. The third-order valence-corrected chi connectivity index (χ3v) is 2.44. The molecule has 1 atom stereocenters. The molecular formula is C12H18FNO2. The SMILES string of the molecule is CC(CN)(Cc1cccc(F)c1)OCCO. The standard InChI is InChI=1S/C12H18FNO2/c1-12(9-14,16-6-5-15)8-10-3-2-4-11(13)7-10/h2-4,7,15H,5-6,8-9,14H2,1H3. The molecule has 0 heterocycles. The minimum absolute atomic E-state index is 0.0429. The molecule has 0 saturated heterocycles. The average molecular weight is 227 g/mol. The number of benzene rings is 1. The third-order valence-electron chi connectivity index (χ3n) is 2.44. The van der Waals surface area contributed by atoms with Crippen LogP contribution in [0.2, 0.25) is 0 Å². The fourth-order valence-corrected chi connectivity index (χ4v) is 1.55. The van der Waals surface area contributed by atoms with E-state index < -0.39 is 5.60 Å². The fraction of sp³-hybridized carbons (Fsp3) is 0.500. The summed E-state index contributed by atoms with van der Waals surface area (Å²) in [6, 6.07) is 6.36. The van der Waals surface area contributed by atoms with E-state index in [1.54, 1.807) is 6.07 Å². The van der Waals surface area contributed by atoms with Crippen molar-refractivity contribution in [3.63, 3.8) is 0 Å². The molecule has 90 valence electrons. The van der Waals surface area contributed by atoms with Crippen molar-refractivity contribution in [2.75, 3.05) is 19.8 Å². The Labute approximate surface area is 95.0 Å². The van der Waals surface area contributed by atoms with Crippen LogP contribution in [0.25, 0.3) is 0 Å². The van der Waals surface area contributed by atoms with Gasteiger partial charge in [0, 0.05) is 13.0 Å². The van der Waals surface area contributed by atoms with Crippen LogP contribution in [0.4, 0.5) is 4.39 Å². The lowest BCUT2D eigenvalue weighted by molar-refractivity contribution is -0.0389. The van der Waals surface area contributed by atoms with Gasteiger partial charge in [-0.2, -0.15) is 0 Å². The Morgan fingerprint density at radius 2 is 2.25 bits per heavy atom. The Balaban J connectivity index is 2.68. The quantitative estimate of drug-likeness (QED) is 0.765. The number of aliphatic hydroxyl groups excluding tert-OH is 1. The van der Waals surface area contributed by atoms with Gasteiger partial charge in [-0.3, -0.25) is 0 Å². The molecule has 0 aliphatic carbocycles. The maximum Gasteiger partial charge on any atom is 0.123 e. The number of rotatable bonds is 6. The molecule has 0 spiro atoms. The van der Waals surface area contributed by atoms with Gasteiger partial charge >= 0.3 is 0 Å². The lowest BCUT2D eigenvalue weighted by Crippen LogP contribution is -2.40. The van der Waals surface area contributed by atoms with E-state index in [9.17, 15) is 4.39 Å². The first-order chi connectivity index (χ1) is 7.59. The summed E-state index contributed by atoms with van der Waals surface area (Å²) in [6.45, 7) is 2.37.